The molecule has 10 heteroatoms. The lowest BCUT2D eigenvalue weighted by molar-refractivity contribution is -0.122. The monoisotopic (exact) mass is 610 g/mol. The largest absolute Gasteiger partial charge is 0.489 e. The van der Waals surface area contributed by atoms with Crippen molar-refractivity contribution in [3.63, 3.8) is 0 Å². The van der Waals surface area contributed by atoms with Gasteiger partial charge in [-0.05, 0) is 55.0 Å². The molecule has 2 amide bonds. The maximum atomic E-state index is 13.9. The SMILES string of the molecule is Cc1cccc(COc2ccc(Br)cc2[C@@H]2c3sc(=O)[nH]c3S[C@H]3C(=O)N(c4ccc(F)cc4)C(=O)[C@@H]23)c1. The van der Waals surface area contributed by atoms with Crippen molar-refractivity contribution in [2.45, 2.75) is 29.7 Å². The Bertz CT molecular complexity index is 1630. The Morgan fingerprint density at radius 3 is 2.58 bits per heavy atom. The molecular formula is C28H20BrFN2O4S2. The van der Waals surface area contributed by atoms with Gasteiger partial charge in [0, 0.05) is 20.8 Å². The fourth-order valence-corrected chi connectivity index (χ4v) is 7.94. The summed E-state index contributed by atoms with van der Waals surface area (Å²) in [5, 5.41) is -0.170. The minimum absolute atomic E-state index is 0.250. The molecule has 0 spiro atoms. The second-order valence-corrected chi connectivity index (χ2v) is 12.3. The first kappa shape index (κ1) is 25.1. The standard InChI is InChI=1S/C28H20BrFN2O4S2/c1-14-3-2-4-15(11-14)13-36-20-10-5-16(29)12-19(20)21-22-24(37-25-23(21)38-28(35)31-25)27(34)32(26(22)33)18-8-6-17(30)7-9-18/h2-12,21-22,24H,13H2,1H3,(H,31,35)/t21-,22-,24+/m0/s1. The van der Waals surface area contributed by atoms with Crippen molar-refractivity contribution in [1.82, 2.24) is 4.98 Å². The number of ether oxygens (including phenoxy) is 1. The molecule has 2 aliphatic rings. The van der Waals surface area contributed by atoms with Gasteiger partial charge in [-0.15, -0.1) is 0 Å². The van der Waals surface area contributed by atoms with E-state index in [-0.39, 0.29) is 10.8 Å². The van der Waals surface area contributed by atoms with Gasteiger partial charge in [0.25, 0.3) is 0 Å². The highest BCUT2D eigenvalue weighted by molar-refractivity contribution is 9.10. The van der Waals surface area contributed by atoms with Crippen LogP contribution in [0.3, 0.4) is 0 Å². The minimum Gasteiger partial charge on any atom is -0.489 e. The molecule has 0 aliphatic carbocycles. The lowest BCUT2D eigenvalue weighted by atomic mass is 9.82. The van der Waals surface area contributed by atoms with Crippen molar-refractivity contribution < 1.29 is 18.7 Å². The van der Waals surface area contributed by atoms with Gasteiger partial charge < -0.3 is 9.72 Å². The van der Waals surface area contributed by atoms with Gasteiger partial charge in [-0.2, -0.15) is 0 Å². The highest BCUT2D eigenvalue weighted by Crippen LogP contribution is 2.54. The van der Waals surface area contributed by atoms with E-state index in [1.807, 2.05) is 49.4 Å². The molecule has 0 radical (unpaired) electrons. The van der Waals surface area contributed by atoms with E-state index in [1.54, 1.807) is 0 Å². The quantitative estimate of drug-likeness (QED) is 0.279. The molecule has 0 unspecified atom stereocenters. The van der Waals surface area contributed by atoms with Crippen LogP contribution < -0.4 is 14.5 Å². The molecule has 3 heterocycles. The molecule has 192 valence electrons. The number of aromatic amines is 1. The number of aryl methyl sites for hydroxylation is 1. The van der Waals surface area contributed by atoms with Gasteiger partial charge >= 0.3 is 4.87 Å². The molecule has 6 nitrogen and oxygen atoms in total. The van der Waals surface area contributed by atoms with E-state index in [0.29, 0.717) is 33.5 Å². The molecule has 3 atom stereocenters. The van der Waals surface area contributed by atoms with Gasteiger partial charge in [-0.25, -0.2) is 9.29 Å². The Kier molecular flexibility index (Phi) is 6.49. The van der Waals surface area contributed by atoms with Crippen LogP contribution in [0, 0.1) is 18.7 Å². The number of thioether (sulfide) groups is 1. The van der Waals surface area contributed by atoms with Crippen molar-refractivity contribution in [1.29, 1.82) is 0 Å². The number of anilines is 1. The minimum atomic E-state index is -0.771. The number of carbonyl (C=O) groups excluding carboxylic acids is 2. The molecular weight excluding hydrogens is 591 g/mol. The van der Waals surface area contributed by atoms with Crippen LogP contribution in [-0.2, 0) is 16.2 Å². The molecule has 1 aromatic heterocycles. The van der Waals surface area contributed by atoms with E-state index in [9.17, 15) is 18.8 Å². The van der Waals surface area contributed by atoms with Gasteiger partial charge in [-0.1, -0.05) is 68.9 Å². The normalized spacial score (nSPS) is 20.4. The zero-order chi connectivity index (χ0) is 26.6. The maximum Gasteiger partial charge on any atom is 0.305 e. The van der Waals surface area contributed by atoms with Crippen molar-refractivity contribution in [2.24, 2.45) is 5.92 Å². The maximum absolute atomic E-state index is 13.9. The second kappa shape index (κ2) is 9.83. The lowest BCUT2D eigenvalue weighted by Crippen LogP contribution is -2.32. The highest BCUT2D eigenvalue weighted by Gasteiger charge is 2.56. The summed E-state index contributed by atoms with van der Waals surface area (Å²) in [5.41, 5.74) is 3.14. The number of thiazole rings is 1. The molecule has 3 aromatic carbocycles. The van der Waals surface area contributed by atoms with Crippen LogP contribution in [0.4, 0.5) is 10.1 Å². The molecule has 2 aliphatic heterocycles. The molecule has 1 saturated heterocycles. The summed E-state index contributed by atoms with van der Waals surface area (Å²) in [6, 6.07) is 18.9. The number of halogens is 2. The topological polar surface area (TPSA) is 79.5 Å². The number of imide groups is 1. The van der Waals surface area contributed by atoms with Crippen molar-refractivity contribution in [3.8, 4) is 5.75 Å². The zero-order valence-corrected chi connectivity index (χ0v) is 23.2. The third kappa shape index (κ3) is 4.40. The molecule has 6 rings (SSSR count). The summed E-state index contributed by atoms with van der Waals surface area (Å²) in [6.07, 6.45) is 0. The first-order valence-electron chi connectivity index (χ1n) is 11.8. The number of amides is 2. The van der Waals surface area contributed by atoms with Gasteiger partial charge in [0.1, 0.15) is 23.4 Å². The lowest BCUT2D eigenvalue weighted by Gasteiger charge is -2.31. The molecule has 1 N–H and O–H groups in total. The number of hydrogen-bond acceptors (Lipinski definition) is 6. The van der Waals surface area contributed by atoms with Crippen LogP contribution >= 0.6 is 39.0 Å². The van der Waals surface area contributed by atoms with E-state index in [1.165, 1.54) is 36.0 Å². The summed E-state index contributed by atoms with van der Waals surface area (Å²) in [5.74, 6) is -2.03. The third-order valence-corrected chi connectivity index (χ3v) is 9.59. The number of aromatic nitrogens is 1. The molecule has 1 fully saturated rings. The number of rotatable bonds is 5. The van der Waals surface area contributed by atoms with E-state index in [0.717, 1.165) is 31.8 Å². The fourth-order valence-electron chi connectivity index (χ4n) is 5.05. The van der Waals surface area contributed by atoms with Gasteiger partial charge in [0.05, 0.1) is 16.6 Å². The Labute approximate surface area is 234 Å². The van der Waals surface area contributed by atoms with Crippen LogP contribution in [0.1, 0.15) is 27.5 Å². The first-order valence-corrected chi connectivity index (χ1v) is 14.3. The van der Waals surface area contributed by atoms with Crippen LogP contribution in [0.25, 0.3) is 0 Å². The Balaban J connectivity index is 1.45. The van der Waals surface area contributed by atoms with Crippen LogP contribution in [0.15, 0.2) is 81.0 Å². The van der Waals surface area contributed by atoms with Crippen molar-refractivity contribution in [3.05, 3.63) is 108 Å². The van der Waals surface area contributed by atoms with E-state index < -0.39 is 28.8 Å². The summed E-state index contributed by atoms with van der Waals surface area (Å²) < 4.78 is 20.6. The zero-order valence-electron chi connectivity index (χ0n) is 19.9. The number of H-pyrrole nitrogens is 1. The molecule has 0 bridgehead atoms. The van der Waals surface area contributed by atoms with Crippen molar-refractivity contribution in [2.75, 3.05) is 4.90 Å². The summed E-state index contributed by atoms with van der Waals surface area (Å²) >= 11 is 5.78. The Hall–Kier alpha value is -3.21. The average Bonchev–Trinajstić information content (AvgIpc) is 3.38. The second-order valence-electron chi connectivity index (χ2n) is 9.20. The predicted octanol–water partition coefficient (Wildman–Crippen LogP) is 6.02. The highest BCUT2D eigenvalue weighted by atomic mass is 79.9. The number of fused-ring (bicyclic) bond motifs is 2. The summed E-state index contributed by atoms with van der Waals surface area (Å²) in [4.78, 5) is 44.3. The van der Waals surface area contributed by atoms with Crippen LogP contribution in [-0.4, -0.2) is 22.0 Å². The van der Waals surface area contributed by atoms with E-state index in [2.05, 4.69) is 20.9 Å². The van der Waals surface area contributed by atoms with E-state index >= 15 is 0 Å². The number of carbonyl (C=O) groups is 2. The number of benzene rings is 3. The van der Waals surface area contributed by atoms with Crippen LogP contribution in [0.2, 0.25) is 0 Å². The van der Waals surface area contributed by atoms with Crippen LogP contribution in [0.5, 0.6) is 5.75 Å². The van der Waals surface area contributed by atoms with Gasteiger partial charge in [0.15, 0.2) is 0 Å². The first-order chi connectivity index (χ1) is 18.3. The Morgan fingerprint density at radius 2 is 1.82 bits per heavy atom. The predicted molar refractivity (Wildman–Crippen MR) is 148 cm³/mol. The van der Waals surface area contributed by atoms with Gasteiger partial charge in [0.2, 0.25) is 11.8 Å². The summed E-state index contributed by atoms with van der Waals surface area (Å²) in [6.45, 7) is 2.33. The van der Waals surface area contributed by atoms with E-state index in [4.69, 9.17) is 4.74 Å². The Morgan fingerprint density at radius 1 is 1.03 bits per heavy atom. The smallest absolute Gasteiger partial charge is 0.305 e. The van der Waals surface area contributed by atoms with Crippen molar-refractivity contribution >= 4 is 56.5 Å². The fraction of sp³-hybridized carbons (Fsp3) is 0.179. The number of nitrogens with zero attached hydrogens (tertiary/aromatic N) is 1. The molecule has 38 heavy (non-hydrogen) atoms. The molecule has 4 aromatic rings. The summed E-state index contributed by atoms with van der Waals surface area (Å²) in [7, 11) is 0. The average molecular weight is 612 g/mol. The number of nitrogens with one attached hydrogen (secondary N) is 1. The number of hydrogen-bond donors (Lipinski definition) is 1. The molecule has 0 saturated carbocycles. The van der Waals surface area contributed by atoms with Gasteiger partial charge in [-0.3, -0.25) is 14.4 Å². The third-order valence-electron chi connectivity index (χ3n) is 6.69.